The summed E-state index contributed by atoms with van der Waals surface area (Å²) in [6, 6.07) is 9.57. The lowest BCUT2D eigenvalue weighted by atomic mass is 10.1. The molecular weight excluding hydrogens is 389 g/mol. The van der Waals surface area contributed by atoms with Gasteiger partial charge in [-0.25, -0.2) is 8.78 Å². The first-order valence-electron chi connectivity index (χ1n) is 4.49. The quantitative estimate of drug-likeness (QED) is 0.597. The maximum Gasteiger partial charge on any atom is 0.166 e. The molecule has 0 atom stereocenters. The van der Waals surface area contributed by atoms with Crippen molar-refractivity contribution in [2.75, 3.05) is 0 Å². The van der Waals surface area contributed by atoms with E-state index < -0.39 is 11.6 Å². The maximum atomic E-state index is 13.5. The van der Waals surface area contributed by atoms with E-state index in [0.717, 1.165) is 14.1 Å². The molecule has 0 aliphatic heterocycles. The summed E-state index contributed by atoms with van der Waals surface area (Å²) in [6.45, 7) is 0. The van der Waals surface area contributed by atoms with Crippen LogP contribution in [0.3, 0.4) is 0 Å². The summed E-state index contributed by atoms with van der Waals surface area (Å²) in [6.07, 6.45) is 0. The smallest absolute Gasteiger partial charge is 0.166 e. The van der Waals surface area contributed by atoms with Gasteiger partial charge in [-0.15, -0.1) is 0 Å². The van der Waals surface area contributed by atoms with E-state index in [9.17, 15) is 8.78 Å². The number of benzene rings is 2. The molecule has 0 heterocycles. The van der Waals surface area contributed by atoms with Crippen molar-refractivity contribution in [3.63, 3.8) is 0 Å². The number of halogens is 4. The first-order valence-corrected chi connectivity index (χ1v) is 6.36. The first kappa shape index (κ1) is 12.0. The molecule has 4 heteroatoms. The molecule has 0 spiro atoms. The molecule has 16 heavy (non-hydrogen) atoms. The summed E-state index contributed by atoms with van der Waals surface area (Å²) >= 11 is 5.49. The van der Waals surface area contributed by atoms with Crippen molar-refractivity contribution in [2.24, 2.45) is 0 Å². The lowest BCUT2D eigenvalue weighted by molar-refractivity contribution is 0.511. The zero-order chi connectivity index (χ0) is 11.7. The molecule has 0 aliphatic carbocycles. The molecule has 2 aromatic carbocycles. The molecule has 82 valence electrons. The summed E-state index contributed by atoms with van der Waals surface area (Å²) in [4.78, 5) is 0. The van der Waals surface area contributed by atoms with Crippen molar-refractivity contribution >= 4 is 38.5 Å². The van der Waals surface area contributed by atoms with Gasteiger partial charge in [0.05, 0.1) is 0 Å². The van der Waals surface area contributed by atoms with E-state index in [1.807, 2.05) is 12.1 Å². The van der Waals surface area contributed by atoms with Gasteiger partial charge in [-0.05, 0) is 62.3 Å². The molecule has 0 N–H and O–H groups in total. The summed E-state index contributed by atoms with van der Waals surface area (Å²) in [5.74, 6) is -1.63. The fourth-order valence-electron chi connectivity index (χ4n) is 1.39. The highest BCUT2D eigenvalue weighted by Gasteiger charge is 2.10. The Morgan fingerprint density at radius 1 is 1.06 bits per heavy atom. The van der Waals surface area contributed by atoms with Crippen LogP contribution in [0.1, 0.15) is 0 Å². The van der Waals surface area contributed by atoms with Crippen LogP contribution in [0.4, 0.5) is 8.78 Å². The van der Waals surface area contributed by atoms with Gasteiger partial charge in [0.15, 0.2) is 11.6 Å². The van der Waals surface area contributed by atoms with Crippen molar-refractivity contribution in [3.05, 3.63) is 56.1 Å². The minimum atomic E-state index is -0.824. The van der Waals surface area contributed by atoms with Gasteiger partial charge in [-0.1, -0.05) is 18.2 Å². The van der Waals surface area contributed by atoms with Gasteiger partial charge in [0.25, 0.3) is 0 Å². The number of hydrogen-bond donors (Lipinski definition) is 0. The number of rotatable bonds is 1. The van der Waals surface area contributed by atoms with Crippen LogP contribution in [-0.2, 0) is 0 Å². The molecule has 0 aromatic heterocycles. The van der Waals surface area contributed by atoms with Gasteiger partial charge in [0.2, 0.25) is 0 Å². The van der Waals surface area contributed by atoms with E-state index >= 15 is 0 Å². The third kappa shape index (κ3) is 2.27. The van der Waals surface area contributed by atoms with E-state index in [4.69, 9.17) is 0 Å². The molecule has 0 amide bonds. The van der Waals surface area contributed by atoms with E-state index in [0.29, 0.717) is 5.56 Å². The van der Waals surface area contributed by atoms with Crippen molar-refractivity contribution in [1.29, 1.82) is 0 Å². The summed E-state index contributed by atoms with van der Waals surface area (Å²) < 4.78 is 28.5. The van der Waals surface area contributed by atoms with Gasteiger partial charge in [0.1, 0.15) is 0 Å². The Labute approximate surface area is 114 Å². The van der Waals surface area contributed by atoms with E-state index in [1.165, 1.54) is 6.07 Å². The Hall–Kier alpha value is -0.490. The van der Waals surface area contributed by atoms with Crippen LogP contribution in [0.15, 0.2) is 40.9 Å². The topological polar surface area (TPSA) is 0 Å². The van der Waals surface area contributed by atoms with Crippen LogP contribution in [0.25, 0.3) is 11.1 Å². The molecule has 0 saturated heterocycles. The maximum absolute atomic E-state index is 13.5. The van der Waals surface area contributed by atoms with Crippen molar-refractivity contribution in [3.8, 4) is 11.1 Å². The molecule has 0 radical (unpaired) electrons. The molecule has 0 unspecified atom stereocenters. The fourth-order valence-corrected chi connectivity index (χ4v) is 2.15. The van der Waals surface area contributed by atoms with Gasteiger partial charge in [-0.3, -0.25) is 0 Å². The highest BCUT2D eigenvalue weighted by Crippen LogP contribution is 2.28. The molecular formula is C12H6BrF2I. The fraction of sp³-hybridized carbons (Fsp3) is 0. The SMILES string of the molecule is Fc1cccc(-c2ccc(Br)c(I)c2)c1F. The average molecular weight is 395 g/mol. The second-order valence-electron chi connectivity index (χ2n) is 3.23. The second-order valence-corrected chi connectivity index (χ2v) is 5.25. The average Bonchev–Trinajstić information content (AvgIpc) is 2.26. The van der Waals surface area contributed by atoms with Crippen molar-refractivity contribution < 1.29 is 8.78 Å². The monoisotopic (exact) mass is 394 g/mol. The van der Waals surface area contributed by atoms with Gasteiger partial charge >= 0.3 is 0 Å². The summed E-state index contributed by atoms with van der Waals surface area (Å²) in [5, 5.41) is 0. The predicted molar refractivity (Wildman–Crippen MR) is 72.2 cm³/mol. The zero-order valence-corrected chi connectivity index (χ0v) is 11.7. The van der Waals surface area contributed by atoms with Crippen molar-refractivity contribution in [1.82, 2.24) is 0 Å². The van der Waals surface area contributed by atoms with Gasteiger partial charge in [0, 0.05) is 13.6 Å². The van der Waals surface area contributed by atoms with E-state index in [-0.39, 0.29) is 5.56 Å². The van der Waals surface area contributed by atoms with Crippen molar-refractivity contribution in [2.45, 2.75) is 0 Å². The van der Waals surface area contributed by atoms with Crippen LogP contribution >= 0.6 is 38.5 Å². The van der Waals surface area contributed by atoms with Crippen LogP contribution in [0, 0.1) is 15.2 Å². The Kier molecular flexibility index (Phi) is 3.59. The molecule has 0 saturated carbocycles. The van der Waals surface area contributed by atoms with Gasteiger partial charge < -0.3 is 0 Å². The van der Waals surface area contributed by atoms with Crippen LogP contribution < -0.4 is 0 Å². The Bertz CT molecular complexity index is 541. The van der Waals surface area contributed by atoms with Crippen LogP contribution in [-0.4, -0.2) is 0 Å². The minimum absolute atomic E-state index is 0.283. The molecule has 0 bridgehead atoms. The lowest BCUT2D eigenvalue weighted by Crippen LogP contribution is -1.89. The summed E-state index contributed by atoms with van der Waals surface area (Å²) in [7, 11) is 0. The predicted octanol–water partition coefficient (Wildman–Crippen LogP) is 5.00. The number of hydrogen-bond acceptors (Lipinski definition) is 0. The zero-order valence-electron chi connectivity index (χ0n) is 7.98. The Balaban J connectivity index is 2.59. The molecule has 0 fully saturated rings. The standard InChI is InChI=1S/C12H6BrF2I/c13-9-5-4-7(6-11(9)16)8-2-1-3-10(14)12(8)15/h1-6H. The lowest BCUT2D eigenvalue weighted by Gasteiger charge is -2.05. The molecule has 0 aliphatic rings. The molecule has 2 rings (SSSR count). The van der Waals surface area contributed by atoms with E-state index in [2.05, 4.69) is 38.5 Å². The van der Waals surface area contributed by atoms with Gasteiger partial charge in [-0.2, -0.15) is 0 Å². The normalized spacial score (nSPS) is 10.5. The molecule has 0 nitrogen and oxygen atoms in total. The molecule has 2 aromatic rings. The summed E-state index contributed by atoms with van der Waals surface area (Å²) in [5.41, 5.74) is 0.954. The third-order valence-electron chi connectivity index (χ3n) is 2.18. The van der Waals surface area contributed by atoms with Crippen LogP contribution in [0.2, 0.25) is 0 Å². The third-order valence-corrected chi connectivity index (χ3v) is 4.51. The highest BCUT2D eigenvalue weighted by molar-refractivity contribution is 14.1. The highest BCUT2D eigenvalue weighted by atomic mass is 127. The first-order chi connectivity index (χ1) is 7.59. The Morgan fingerprint density at radius 2 is 1.81 bits per heavy atom. The van der Waals surface area contributed by atoms with Crippen LogP contribution in [0.5, 0.6) is 0 Å². The second kappa shape index (κ2) is 4.79. The Morgan fingerprint density at radius 3 is 2.50 bits per heavy atom. The largest absolute Gasteiger partial charge is 0.204 e. The minimum Gasteiger partial charge on any atom is -0.204 e. The van der Waals surface area contributed by atoms with E-state index in [1.54, 1.807) is 12.1 Å².